The number of aryl methyl sites for hydroxylation is 1. The molecule has 2 aromatic carbocycles. The zero-order chi connectivity index (χ0) is 20.8. The number of piperazine rings is 1. The Bertz CT molecular complexity index is 869. The average molecular weight is 421 g/mol. The summed E-state index contributed by atoms with van der Waals surface area (Å²) < 4.78 is 26.6. The van der Waals surface area contributed by atoms with E-state index in [4.69, 9.17) is 0 Å². The Balaban J connectivity index is 1.40. The summed E-state index contributed by atoms with van der Waals surface area (Å²) in [7, 11) is 0. The number of benzene rings is 2. The monoisotopic (exact) mass is 420 g/mol. The standard InChI is InChI=1S/C21H23F2N3O2S/c1-15-2-5-17(6-3-15)24-20(27)13-25-8-10-26(11-9-25)21(28)14-29-19-7-4-16(22)12-18(19)23/h2-7,12H,8-11,13-14H2,1H3,(H,24,27)/p+1. The van der Waals surface area contributed by atoms with E-state index in [-0.39, 0.29) is 22.5 Å². The molecule has 0 aromatic heterocycles. The minimum atomic E-state index is -0.656. The lowest BCUT2D eigenvalue weighted by Gasteiger charge is -2.31. The molecule has 2 N–H and O–H groups in total. The predicted octanol–water partition coefficient (Wildman–Crippen LogP) is 1.73. The molecule has 2 amide bonds. The van der Waals surface area contributed by atoms with Crippen LogP contribution in [0.25, 0.3) is 0 Å². The molecule has 5 nitrogen and oxygen atoms in total. The second kappa shape index (κ2) is 9.84. The first kappa shape index (κ1) is 21.3. The molecule has 1 heterocycles. The SMILES string of the molecule is Cc1ccc(NC(=O)C[NH+]2CCN(C(=O)CSc3ccc(F)cc3F)CC2)cc1. The molecule has 0 atom stereocenters. The maximum Gasteiger partial charge on any atom is 0.279 e. The topological polar surface area (TPSA) is 53.9 Å². The number of nitrogens with one attached hydrogen (secondary N) is 2. The van der Waals surface area contributed by atoms with Gasteiger partial charge in [-0.25, -0.2) is 8.78 Å². The maximum atomic E-state index is 13.7. The van der Waals surface area contributed by atoms with Crippen molar-refractivity contribution in [3.05, 3.63) is 59.7 Å². The zero-order valence-corrected chi connectivity index (χ0v) is 17.0. The van der Waals surface area contributed by atoms with Gasteiger partial charge >= 0.3 is 0 Å². The normalized spacial score (nSPS) is 14.7. The number of hydrogen-bond donors (Lipinski definition) is 2. The van der Waals surface area contributed by atoms with Crippen molar-refractivity contribution >= 4 is 29.3 Å². The molecular weight excluding hydrogens is 396 g/mol. The summed E-state index contributed by atoms with van der Waals surface area (Å²) in [6.45, 7) is 4.82. The Kier molecular flexibility index (Phi) is 7.22. The van der Waals surface area contributed by atoms with Crippen molar-refractivity contribution in [3.63, 3.8) is 0 Å². The van der Waals surface area contributed by atoms with Crippen molar-refractivity contribution < 1.29 is 23.3 Å². The van der Waals surface area contributed by atoms with Crippen LogP contribution >= 0.6 is 11.8 Å². The Hall–Kier alpha value is -2.45. The number of rotatable bonds is 6. The summed E-state index contributed by atoms with van der Waals surface area (Å²) in [6, 6.07) is 11.0. The minimum absolute atomic E-state index is 0.0500. The summed E-state index contributed by atoms with van der Waals surface area (Å²) in [4.78, 5) is 27.7. The van der Waals surface area contributed by atoms with Crippen molar-refractivity contribution in [1.29, 1.82) is 0 Å². The van der Waals surface area contributed by atoms with Crippen LogP contribution in [0.2, 0.25) is 0 Å². The lowest BCUT2D eigenvalue weighted by molar-refractivity contribution is -0.895. The van der Waals surface area contributed by atoms with E-state index in [1.165, 1.54) is 12.1 Å². The smallest absolute Gasteiger partial charge is 0.279 e. The van der Waals surface area contributed by atoms with Gasteiger partial charge in [0, 0.05) is 16.6 Å². The molecule has 154 valence electrons. The first-order valence-electron chi connectivity index (χ1n) is 9.46. The second-order valence-corrected chi connectivity index (χ2v) is 8.10. The van der Waals surface area contributed by atoms with Crippen LogP contribution in [0.15, 0.2) is 47.4 Å². The van der Waals surface area contributed by atoms with E-state index in [1.807, 2.05) is 31.2 Å². The highest BCUT2D eigenvalue weighted by atomic mass is 32.2. The number of carbonyl (C=O) groups is 2. The molecule has 8 heteroatoms. The fraction of sp³-hybridized carbons (Fsp3) is 0.333. The zero-order valence-electron chi connectivity index (χ0n) is 16.2. The first-order chi connectivity index (χ1) is 13.9. The Morgan fingerprint density at radius 3 is 2.45 bits per heavy atom. The Labute approximate surface area is 173 Å². The molecule has 2 aromatic rings. The highest BCUT2D eigenvalue weighted by Gasteiger charge is 2.25. The predicted molar refractivity (Wildman–Crippen MR) is 109 cm³/mol. The van der Waals surface area contributed by atoms with E-state index in [1.54, 1.807) is 4.90 Å². The summed E-state index contributed by atoms with van der Waals surface area (Å²) >= 11 is 1.07. The van der Waals surface area contributed by atoms with Crippen LogP contribution < -0.4 is 10.2 Å². The van der Waals surface area contributed by atoms with Gasteiger partial charge in [-0.05, 0) is 31.2 Å². The van der Waals surface area contributed by atoms with E-state index < -0.39 is 11.6 Å². The van der Waals surface area contributed by atoms with E-state index in [0.717, 1.165) is 34.0 Å². The maximum absolute atomic E-state index is 13.7. The average Bonchev–Trinajstić information content (AvgIpc) is 2.69. The van der Waals surface area contributed by atoms with Crippen LogP contribution in [0.1, 0.15) is 5.56 Å². The molecule has 1 aliphatic heterocycles. The number of nitrogens with zero attached hydrogens (tertiary/aromatic N) is 1. The number of carbonyl (C=O) groups excluding carboxylic acids is 2. The van der Waals surface area contributed by atoms with Crippen molar-refractivity contribution in [2.45, 2.75) is 11.8 Å². The summed E-state index contributed by atoms with van der Waals surface area (Å²) in [5.74, 6) is -1.32. The van der Waals surface area contributed by atoms with Crippen LogP contribution in [0, 0.1) is 18.6 Å². The molecule has 1 saturated heterocycles. The summed E-state index contributed by atoms with van der Waals surface area (Å²) in [5.41, 5.74) is 1.91. The lowest BCUT2D eigenvalue weighted by atomic mass is 10.2. The molecule has 1 aliphatic rings. The van der Waals surface area contributed by atoms with E-state index in [2.05, 4.69) is 5.32 Å². The molecule has 29 heavy (non-hydrogen) atoms. The molecule has 3 rings (SSSR count). The highest BCUT2D eigenvalue weighted by molar-refractivity contribution is 8.00. The van der Waals surface area contributed by atoms with E-state index in [0.29, 0.717) is 32.7 Å². The van der Waals surface area contributed by atoms with Crippen molar-refractivity contribution in [2.24, 2.45) is 0 Å². The fourth-order valence-electron chi connectivity index (χ4n) is 3.14. The van der Waals surface area contributed by atoms with Gasteiger partial charge in [0.2, 0.25) is 5.91 Å². The summed E-state index contributed by atoms with van der Waals surface area (Å²) in [5, 5.41) is 2.89. The van der Waals surface area contributed by atoms with Crippen molar-refractivity contribution in [3.8, 4) is 0 Å². The van der Waals surface area contributed by atoms with E-state index in [9.17, 15) is 18.4 Å². The van der Waals surface area contributed by atoms with Crippen LogP contribution in [0.3, 0.4) is 0 Å². The number of thioether (sulfide) groups is 1. The molecule has 0 radical (unpaired) electrons. The summed E-state index contributed by atoms with van der Waals surface area (Å²) in [6.07, 6.45) is 0. The van der Waals surface area contributed by atoms with Gasteiger partial charge in [-0.2, -0.15) is 0 Å². The molecule has 0 aliphatic carbocycles. The van der Waals surface area contributed by atoms with Gasteiger partial charge in [-0.3, -0.25) is 9.59 Å². The number of halogens is 2. The van der Waals surface area contributed by atoms with Crippen molar-refractivity contribution in [1.82, 2.24) is 4.90 Å². The van der Waals surface area contributed by atoms with Crippen LogP contribution in [0.4, 0.5) is 14.5 Å². The lowest BCUT2D eigenvalue weighted by Crippen LogP contribution is -3.15. The van der Waals surface area contributed by atoms with E-state index >= 15 is 0 Å². The quantitative estimate of drug-likeness (QED) is 0.700. The van der Waals surface area contributed by atoms with Gasteiger partial charge in [0.1, 0.15) is 11.6 Å². The minimum Gasteiger partial charge on any atom is -0.331 e. The molecule has 0 bridgehead atoms. The number of hydrogen-bond acceptors (Lipinski definition) is 3. The Morgan fingerprint density at radius 2 is 1.79 bits per heavy atom. The third-order valence-corrected chi connectivity index (χ3v) is 5.85. The third kappa shape index (κ3) is 6.27. The van der Waals surface area contributed by atoms with Gasteiger partial charge < -0.3 is 15.1 Å². The van der Waals surface area contributed by atoms with Gasteiger partial charge in [0.15, 0.2) is 6.54 Å². The van der Waals surface area contributed by atoms with Crippen molar-refractivity contribution in [2.75, 3.05) is 43.8 Å². The largest absolute Gasteiger partial charge is 0.331 e. The Morgan fingerprint density at radius 1 is 1.10 bits per heavy atom. The molecule has 1 fully saturated rings. The number of anilines is 1. The number of amides is 2. The second-order valence-electron chi connectivity index (χ2n) is 7.09. The fourth-order valence-corrected chi connectivity index (χ4v) is 3.96. The van der Waals surface area contributed by atoms with Crippen LogP contribution in [-0.2, 0) is 9.59 Å². The van der Waals surface area contributed by atoms with Gasteiger partial charge in [-0.15, -0.1) is 11.8 Å². The van der Waals surface area contributed by atoms with Crippen LogP contribution in [0.5, 0.6) is 0 Å². The molecule has 0 saturated carbocycles. The first-order valence-corrected chi connectivity index (χ1v) is 10.4. The molecule has 0 spiro atoms. The number of quaternary nitrogens is 1. The van der Waals surface area contributed by atoms with Gasteiger partial charge in [0.25, 0.3) is 5.91 Å². The third-order valence-electron chi connectivity index (χ3n) is 4.81. The van der Waals surface area contributed by atoms with Gasteiger partial charge in [0.05, 0.1) is 31.9 Å². The van der Waals surface area contributed by atoms with Crippen LogP contribution in [-0.4, -0.2) is 55.2 Å². The molecule has 0 unspecified atom stereocenters. The molecular formula is C21H24F2N3O2S+. The highest BCUT2D eigenvalue weighted by Crippen LogP contribution is 2.22. The van der Waals surface area contributed by atoms with Gasteiger partial charge in [-0.1, -0.05) is 17.7 Å².